The summed E-state index contributed by atoms with van der Waals surface area (Å²) < 4.78 is 1.68. The highest BCUT2D eigenvalue weighted by molar-refractivity contribution is 7.16. The number of aryl methyl sites for hydroxylation is 1. The number of hydrogen-bond donors (Lipinski definition) is 0. The molecule has 0 radical (unpaired) electrons. The number of rotatable bonds is 3. The third kappa shape index (κ3) is 2.11. The lowest BCUT2D eigenvalue weighted by Crippen LogP contribution is -2.15. The Kier molecular flexibility index (Phi) is 3.03. The SMILES string of the molecule is CCCc1nn2c(C=O)c(C(C)(C)C)nc2s1. The van der Waals surface area contributed by atoms with Crippen molar-refractivity contribution in [1.29, 1.82) is 0 Å². The van der Waals surface area contributed by atoms with Gasteiger partial charge in [0.2, 0.25) is 4.96 Å². The molecule has 0 atom stereocenters. The number of hydrogen-bond acceptors (Lipinski definition) is 4. The van der Waals surface area contributed by atoms with Crippen LogP contribution in [-0.2, 0) is 11.8 Å². The number of nitrogens with zero attached hydrogens (tertiary/aromatic N) is 3. The molecule has 4 nitrogen and oxygen atoms in total. The molecule has 5 heteroatoms. The smallest absolute Gasteiger partial charge is 0.213 e. The average molecular weight is 251 g/mol. The van der Waals surface area contributed by atoms with Crippen molar-refractivity contribution >= 4 is 22.6 Å². The third-order valence-electron chi connectivity index (χ3n) is 2.57. The highest BCUT2D eigenvalue weighted by Crippen LogP contribution is 2.27. The summed E-state index contributed by atoms with van der Waals surface area (Å²) >= 11 is 1.57. The van der Waals surface area contributed by atoms with Gasteiger partial charge in [-0.1, -0.05) is 39.0 Å². The molecule has 0 amide bonds. The largest absolute Gasteiger partial charge is 0.296 e. The molecule has 0 aliphatic heterocycles. The van der Waals surface area contributed by atoms with E-state index < -0.39 is 0 Å². The van der Waals surface area contributed by atoms with Gasteiger partial charge in [-0.15, -0.1) is 0 Å². The Morgan fingerprint density at radius 2 is 2.12 bits per heavy atom. The fourth-order valence-electron chi connectivity index (χ4n) is 1.78. The van der Waals surface area contributed by atoms with E-state index in [1.165, 1.54) is 0 Å². The Bertz CT molecular complexity index is 548. The Morgan fingerprint density at radius 1 is 1.41 bits per heavy atom. The topological polar surface area (TPSA) is 47.3 Å². The van der Waals surface area contributed by atoms with Gasteiger partial charge in [-0.2, -0.15) is 9.61 Å². The molecule has 2 aromatic rings. The van der Waals surface area contributed by atoms with E-state index in [2.05, 4.69) is 37.8 Å². The van der Waals surface area contributed by atoms with Crippen LogP contribution in [-0.4, -0.2) is 20.9 Å². The van der Waals surface area contributed by atoms with Gasteiger partial charge < -0.3 is 0 Å². The fraction of sp³-hybridized carbons (Fsp3) is 0.583. The van der Waals surface area contributed by atoms with Gasteiger partial charge in [-0.3, -0.25) is 4.79 Å². The van der Waals surface area contributed by atoms with E-state index in [0.717, 1.165) is 34.8 Å². The van der Waals surface area contributed by atoms with E-state index in [0.29, 0.717) is 5.69 Å². The molecule has 0 fully saturated rings. The fourth-order valence-corrected chi connectivity index (χ4v) is 2.78. The molecule has 0 aliphatic carbocycles. The summed E-state index contributed by atoms with van der Waals surface area (Å²) in [6, 6.07) is 0. The van der Waals surface area contributed by atoms with E-state index in [-0.39, 0.29) is 5.41 Å². The monoisotopic (exact) mass is 251 g/mol. The van der Waals surface area contributed by atoms with Gasteiger partial charge in [0, 0.05) is 11.8 Å². The standard InChI is InChI=1S/C12H17N3OS/c1-5-6-9-14-15-8(7-16)10(12(2,3)4)13-11(15)17-9/h7H,5-6H2,1-4H3. The van der Waals surface area contributed by atoms with Crippen molar-refractivity contribution < 1.29 is 4.79 Å². The van der Waals surface area contributed by atoms with Crippen molar-refractivity contribution in [3.05, 3.63) is 16.4 Å². The second-order valence-electron chi connectivity index (χ2n) is 5.15. The molecule has 0 N–H and O–H groups in total. The molecule has 0 saturated carbocycles. The van der Waals surface area contributed by atoms with Crippen LogP contribution in [0.15, 0.2) is 0 Å². The maximum atomic E-state index is 11.2. The van der Waals surface area contributed by atoms with Crippen LogP contribution in [0.4, 0.5) is 0 Å². The van der Waals surface area contributed by atoms with Gasteiger partial charge in [-0.25, -0.2) is 4.98 Å². The molecule has 0 aromatic carbocycles. The van der Waals surface area contributed by atoms with Crippen LogP contribution in [0.3, 0.4) is 0 Å². The lowest BCUT2D eigenvalue weighted by atomic mass is 9.91. The lowest BCUT2D eigenvalue weighted by Gasteiger charge is -2.15. The summed E-state index contributed by atoms with van der Waals surface area (Å²) in [5.74, 6) is 0. The molecule has 92 valence electrons. The van der Waals surface area contributed by atoms with E-state index in [1.54, 1.807) is 15.9 Å². The normalized spacial score (nSPS) is 12.2. The van der Waals surface area contributed by atoms with Crippen LogP contribution in [0, 0.1) is 0 Å². The van der Waals surface area contributed by atoms with Gasteiger partial charge in [0.15, 0.2) is 6.29 Å². The van der Waals surface area contributed by atoms with Crippen LogP contribution in [0.1, 0.15) is 55.3 Å². The summed E-state index contributed by atoms with van der Waals surface area (Å²) in [4.78, 5) is 16.6. The zero-order valence-corrected chi connectivity index (χ0v) is 11.5. The predicted octanol–water partition coefficient (Wildman–Crippen LogP) is 2.85. The summed E-state index contributed by atoms with van der Waals surface area (Å²) in [7, 11) is 0. The number of carbonyl (C=O) groups excluding carboxylic acids is 1. The highest BCUT2D eigenvalue weighted by Gasteiger charge is 2.25. The van der Waals surface area contributed by atoms with E-state index in [4.69, 9.17) is 0 Å². The van der Waals surface area contributed by atoms with E-state index in [1.807, 2.05) is 0 Å². The molecule has 0 bridgehead atoms. The molecule has 0 spiro atoms. The number of imidazole rings is 1. The van der Waals surface area contributed by atoms with Gasteiger partial charge in [0.1, 0.15) is 10.7 Å². The molecule has 0 aliphatic rings. The number of aldehydes is 1. The summed E-state index contributed by atoms with van der Waals surface area (Å²) in [5.41, 5.74) is 1.29. The Hall–Kier alpha value is -1.23. The first kappa shape index (κ1) is 12.2. The van der Waals surface area contributed by atoms with Gasteiger partial charge >= 0.3 is 0 Å². The van der Waals surface area contributed by atoms with Gasteiger partial charge in [0.05, 0.1) is 5.69 Å². The third-order valence-corrected chi connectivity index (χ3v) is 3.53. The summed E-state index contributed by atoms with van der Waals surface area (Å²) in [6.07, 6.45) is 2.85. The zero-order valence-electron chi connectivity index (χ0n) is 10.6. The molecule has 2 heterocycles. The number of fused-ring (bicyclic) bond motifs is 1. The Balaban J connectivity index is 2.59. The Labute approximate surface area is 105 Å². The van der Waals surface area contributed by atoms with Crippen LogP contribution >= 0.6 is 11.3 Å². The van der Waals surface area contributed by atoms with Crippen molar-refractivity contribution in [2.24, 2.45) is 0 Å². The second kappa shape index (κ2) is 4.22. The van der Waals surface area contributed by atoms with E-state index in [9.17, 15) is 4.79 Å². The molecule has 17 heavy (non-hydrogen) atoms. The average Bonchev–Trinajstić information content (AvgIpc) is 2.73. The summed E-state index contributed by atoms with van der Waals surface area (Å²) in [5, 5.41) is 5.49. The zero-order chi connectivity index (χ0) is 12.6. The van der Waals surface area contributed by atoms with Crippen molar-refractivity contribution in [1.82, 2.24) is 14.6 Å². The van der Waals surface area contributed by atoms with Crippen molar-refractivity contribution in [3.8, 4) is 0 Å². The molecule has 0 saturated heterocycles. The van der Waals surface area contributed by atoms with E-state index >= 15 is 0 Å². The summed E-state index contributed by atoms with van der Waals surface area (Å²) in [6.45, 7) is 8.28. The van der Waals surface area contributed by atoms with Crippen LogP contribution in [0.5, 0.6) is 0 Å². The van der Waals surface area contributed by atoms with Gasteiger partial charge in [-0.05, 0) is 6.42 Å². The molecular formula is C12H17N3OS. The Morgan fingerprint density at radius 3 is 2.65 bits per heavy atom. The highest BCUT2D eigenvalue weighted by atomic mass is 32.1. The van der Waals surface area contributed by atoms with Crippen LogP contribution < -0.4 is 0 Å². The van der Waals surface area contributed by atoms with Crippen LogP contribution in [0.25, 0.3) is 4.96 Å². The number of aromatic nitrogens is 3. The van der Waals surface area contributed by atoms with Crippen LogP contribution in [0.2, 0.25) is 0 Å². The van der Waals surface area contributed by atoms with Crippen molar-refractivity contribution in [3.63, 3.8) is 0 Å². The quantitative estimate of drug-likeness (QED) is 0.788. The maximum absolute atomic E-state index is 11.2. The molecule has 2 aromatic heterocycles. The minimum absolute atomic E-state index is 0.130. The molecule has 0 unspecified atom stereocenters. The lowest BCUT2D eigenvalue weighted by molar-refractivity contribution is 0.111. The first-order valence-corrected chi connectivity index (χ1v) is 6.63. The first-order chi connectivity index (χ1) is 7.97. The molecule has 2 rings (SSSR count). The number of carbonyl (C=O) groups is 1. The van der Waals surface area contributed by atoms with Crippen molar-refractivity contribution in [2.75, 3.05) is 0 Å². The first-order valence-electron chi connectivity index (χ1n) is 5.81. The molecular weight excluding hydrogens is 234 g/mol. The predicted molar refractivity (Wildman–Crippen MR) is 68.9 cm³/mol. The second-order valence-corrected chi connectivity index (χ2v) is 6.19. The minimum atomic E-state index is -0.130. The van der Waals surface area contributed by atoms with Crippen molar-refractivity contribution in [2.45, 2.75) is 46.0 Å². The van der Waals surface area contributed by atoms with Gasteiger partial charge in [0.25, 0.3) is 0 Å². The maximum Gasteiger partial charge on any atom is 0.213 e. The minimum Gasteiger partial charge on any atom is -0.296 e.